The monoisotopic (exact) mass is 286 g/mol. The van der Waals surface area contributed by atoms with Gasteiger partial charge in [-0.3, -0.25) is 0 Å². The number of unbranched alkanes of at least 4 members (excludes halogenated alkanes) is 1. The molecule has 1 unspecified atom stereocenters. The van der Waals surface area contributed by atoms with Crippen LogP contribution < -0.4 is 4.74 Å². The maximum absolute atomic E-state index is 13.5. The van der Waals surface area contributed by atoms with Gasteiger partial charge in [0.05, 0.1) is 6.61 Å². The molecule has 1 rings (SSSR count). The number of hydrogen-bond acceptors (Lipinski definition) is 4. The van der Waals surface area contributed by atoms with Gasteiger partial charge in [-0.25, -0.2) is 9.18 Å². The Bertz CT molecular complexity index is 436. The van der Waals surface area contributed by atoms with Crippen molar-refractivity contribution in [2.75, 3.05) is 19.8 Å². The van der Waals surface area contributed by atoms with Gasteiger partial charge in [0.25, 0.3) is 0 Å². The molecule has 0 amide bonds. The van der Waals surface area contributed by atoms with E-state index in [1.165, 1.54) is 12.1 Å². The molecule has 0 saturated carbocycles. The molecular weight excluding hydrogens is 267 g/mol. The SMILES string of the molecule is CCCCOCC(O)COc1c(F)cccc1C(=O)O. The van der Waals surface area contributed by atoms with Crippen molar-refractivity contribution in [1.29, 1.82) is 0 Å². The van der Waals surface area contributed by atoms with Gasteiger partial charge in [-0.2, -0.15) is 0 Å². The van der Waals surface area contributed by atoms with Crippen molar-refractivity contribution < 1.29 is 28.9 Å². The first-order valence-electron chi connectivity index (χ1n) is 6.46. The fraction of sp³-hybridized carbons (Fsp3) is 0.500. The number of carbonyl (C=O) groups is 1. The maximum atomic E-state index is 13.5. The lowest BCUT2D eigenvalue weighted by Crippen LogP contribution is -2.24. The van der Waals surface area contributed by atoms with Crippen LogP contribution in [0.3, 0.4) is 0 Å². The average molecular weight is 286 g/mol. The van der Waals surface area contributed by atoms with Gasteiger partial charge in [-0.1, -0.05) is 19.4 Å². The van der Waals surface area contributed by atoms with Gasteiger partial charge in [0.15, 0.2) is 11.6 Å². The first-order valence-corrected chi connectivity index (χ1v) is 6.46. The van der Waals surface area contributed by atoms with Crippen LogP contribution in [0.5, 0.6) is 5.75 Å². The molecular formula is C14H19FO5. The summed E-state index contributed by atoms with van der Waals surface area (Å²) in [6, 6.07) is 3.63. The predicted molar refractivity (Wildman–Crippen MR) is 70.6 cm³/mol. The third-order valence-corrected chi connectivity index (χ3v) is 2.57. The Balaban J connectivity index is 2.50. The van der Waals surface area contributed by atoms with E-state index in [1.807, 2.05) is 6.92 Å². The van der Waals surface area contributed by atoms with Crippen LogP contribution >= 0.6 is 0 Å². The summed E-state index contributed by atoms with van der Waals surface area (Å²) in [7, 11) is 0. The highest BCUT2D eigenvalue weighted by Gasteiger charge is 2.17. The number of para-hydroxylation sites is 1. The molecule has 0 aliphatic carbocycles. The van der Waals surface area contributed by atoms with Crippen molar-refractivity contribution in [3.05, 3.63) is 29.6 Å². The number of benzene rings is 1. The van der Waals surface area contributed by atoms with E-state index in [9.17, 15) is 14.3 Å². The molecule has 0 aromatic heterocycles. The number of halogens is 1. The Morgan fingerprint density at radius 1 is 1.40 bits per heavy atom. The second-order valence-electron chi connectivity index (χ2n) is 4.31. The van der Waals surface area contributed by atoms with E-state index in [4.69, 9.17) is 14.6 Å². The third kappa shape index (κ3) is 5.14. The van der Waals surface area contributed by atoms with Crippen LogP contribution in [0.25, 0.3) is 0 Å². The topological polar surface area (TPSA) is 76.0 Å². The van der Waals surface area contributed by atoms with Gasteiger partial charge >= 0.3 is 5.97 Å². The van der Waals surface area contributed by atoms with Gasteiger partial charge in [0.2, 0.25) is 0 Å². The van der Waals surface area contributed by atoms with Crippen molar-refractivity contribution in [3.63, 3.8) is 0 Å². The zero-order chi connectivity index (χ0) is 15.0. The van der Waals surface area contributed by atoms with E-state index < -0.39 is 17.9 Å². The first kappa shape index (κ1) is 16.4. The Labute approximate surface area is 116 Å². The molecule has 0 fully saturated rings. The fourth-order valence-corrected chi connectivity index (χ4v) is 1.52. The molecule has 0 aliphatic rings. The third-order valence-electron chi connectivity index (χ3n) is 2.57. The summed E-state index contributed by atoms with van der Waals surface area (Å²) in [6.07, 6.45) is 0.946. The highest BCUT2D eigenvalue weighted by atomic mass is 19.1. The largest absolute Gasteiger partial charge is 0.487 e. The second kappa shape index (κ2) is 8.50. The summed E-state index contributed by atoms with van der Waals surface area (Å²) in [5.74, 6) is -2.43. The number of aliphatic hydroxyl groups is 1. The molecule has 0 aliphatic heterocycles. The normalized spacial score (nSPS) is 12.2. The average Bonchev–Trinajstić information content (AvgIpc) is 2.42. The highest BCUT2D eigenvalue weighted by Crippen LogP contribution is 2.22. The molecule has 0 saturated heterocycles. The van der Waals surface area contributed by atoms with E-state index >= 15 is 0 Å². The van der Waals surface area contributed by atoms with Gasteiger partial charge in [-0.15, -0.1) is 0 Å². The lowest BCUT2D eigenvalue weighted by molar-refractivity contribution is 0.0103. The Morgan fingerprint density at radius 2 is 2.15 bits per heavy atom. The smallest absolute Gasteiger partial charge is 0.339 e. The molecule has 5 nitrogen and oxygen atoms in total. The molecule has 0 radical (unpaired) electrons. The molecule has 2 N–H and O–H groups in total. The van der Waals surface area contributed by atoms with E-state index in [0.717, 1.165) is 18.9 Å². The Morgan fingerprint density at radius 3 is 2.80 bits per heavy atom. The molecule has 0 spiro atoms. The summed E-state index contributed by atoms with van der Waals surface area (Å²) in [6.45, 7) is 2.40. The fourth-order valence-electron chi connectivity index (χ4n) is 1.52. The zero-order valence-corrected chi connectivity index (χ0v) is 11.3. The molecule has 1 atom stereocenters. The molecule has 0 bridgehead atoms. The van der Waals surface area contributed by atoms with Gasteiger partial charge in [0, 0.05) is 6.61 Å². The zero-order valence-electron chi connectivity index (χ0n) is 11.3. The number of ether oxygens (including phenoxy) is 2. The Hall–Kier alpha value is -1.66. The summed E-state index contributed by atoms with van der Waals surface area (Å²) in [5, 5.41) is 18.5. The number of hydrogen-bond donors (Lipinski definition) is 2. The van der Waals surface area contributed by atoms with E-state index in [1.54, 1.807) is 0 Å². The highest BCUT2D eigenvalue weighted by molar-refractivity contribution is 5.90. The van der Waals surface area contributed by atoms with Crippen molar-refractivity contribution in [2.45, 2.75) is 25.9 Å². The van der Waals surface area contributed by atoms with E-state index in [-0.39, 0.29) is 24.5 Å². The number of rotatable bonds is 9. The van der Waals surface area contributed by atoms with Crippen LogP contribution in [0.15, 0.2) is 18.2 Å². The number of aromatic carboxylic acids is 1. The van der Waals surface area contributed by atoms with Crippen molar-refractivity contribution >= 4 is 5.97 Å². The van der Waals surface area contributed by atoms with Crippen LogP contribution in [0.1, 0.15) is 30.1 Å². The first-order chi connectivity index (χ1) is 9.56. The van der Waals surface area contributed by atoms with Crippen molar-refractivity contribution in [3.8, 4) is 5.75 Å². The van der Waals surface area contributed by atoms with Gasteiger partial charge in [0.1, 0.15) is 18.3 Å². The van der Waals surface area contributed by atoms with Crippen LogP contribution in [-0.4, -0.2) is 42.1 Å². The minimum absolute atomic E-state index is 0.0663. The molecule has 112 valence electrons. The lowest BCUT2D eigenvalue weighted by Gasteiger charge is -2.14. The minimum Gasteiger partial charge on any atom is -0.487 e. The van der Waals surface area contributed by atoms with Crippen LogP contribution in [0.2, 0.25) is 0 Å². The van der Waals surface area contributed by atoms with Crippen molar-refractivity contribution in [1.82, 2.24) is 0 Å². The molecule has 1 aromatic carbocycles. The summed E-state index contributed by atoms with van der Waals surface area (Å²) in [4.78, 5) is 10.9. The van der Waals surface area contributed by atoms with Crippen LogP contribution in [-0.2, 0) is 4.74 Å². The van der Waals surface area contributed by atoms with Crippen LogP contribution in [0, 0.1) is 5.82 Å². The van der Waals surface area contributed by atoms with E-state index in [0.29, 0.717) is 6.61 Å². The standard InChI is InChI=1S/C14H19FO5/c1-2-3-7-19-8-10(16)9-20-13-11(14(17)18)5-4-6-12(13)15/h4-6,10,16H,2-3,7-9H2,1H3,(H,17,18). The summed E-state index contributed by atoms with van der Waals surface area (Å²) in [5.41, 5.74) is -0.274. The number of aliphatic hydroxyl groups excluding tert-OH is 1. The lowest BCUT2D eigenvalue weighted by atomic mass is 10.2. The molecule has 6 heteroatoms. The summed E-state index contributed by atoms with van der Waals surface area (Å²) < 4.78 is 23.8. The summed E-state index contributed by atoms with van der Waals surface area (Å²) >= 11 is 0. The predicted octanol–water partition coefficient (Wildman–Crippen LogP) is 2.08. The quantitative estimate of drug-likeness (QED) is 0.680. The van der Waals surface area contributed by atoms with Crippen LogP contribution in [0.4, 0.5) is 4.39 Å². The number of carboxylic acids is 1. The molecule has 1 aromatic rings. The Kier molecular flexibility index (Phi) is 6.97. The van der Waals surface area contributed by atoms with Crippen molar-refractivity contribution in [2.24, 2.45) is 0 Å². The maximum Gasteiger partial charge on any atom is 0.339 e. The minimum atomic E-state index is -1.28. The number of carboxylic acid groups (broad SMARTS) is 1. The van der Waals surface area contributed by atoms with Gasteiger partial charge in [-0.05, 0) is 18.6 Å². The van der Waals surface area contributed by atoms with E-state index in [2.05, 4.69) is 0 Å². The second-order valence-corrected chi connectivity index (χ2v) is 4.31. The molecule has 20 heavy (non-hydrogen) atoms. The molecule has 0 heterocycles. The van der Waals surface area contributed by atoms with Gasteiger partial charge < -0.3 is 19.7 Å².